The minimum atomic E-state index is -5.79. The normalized spacial score (nSPS) is 11.1. The first kappa shape index (κ1) is 12.1. The lowest BCUT2D eigenvalue weighted by Crippen LogP contribution is -2.48. The van der Waals surface area contributed by atoms with E-state index in [1.165, 1.54) is 0 Å². The van der Waals surface area contributed by atoms with Gasteiger partial charge in [-0.25, -0.2) is 8.42 Å². The molecule has 0 spiro atoms. The van der Waals surface area contributed by atoms with Crippen LogP contribution in [0.1, 0.15) is 0 Å². The Bertz CT molecular complexity index is 416. The van der Waals surface area contributed by atoms with Crippen LogP contribution in [0.5, 0.6) is 0 Å². The van der Waals surface area contributed by atoms with E-state index in [0.717, 1.165) is 0 Å². The Morgan fingerprint density at radius 3 is 1.93 bits per heavy atom. The number of sulfone groups is 1. The highest BCUT2D eigenvalue weighted by Crippen LogP contribution is 2.30. The number of carboxylic acids is 1. The maximum atomic E-state index is 12.4. The second-order valence-corrected chi connectivity index (χ2v) is 3.70. The van der Waals surface area contributed by atoms with Crippen LogP contribution in [-0.4, -0.2) is 19.6 Å². The molecule has 0 N–H and O–H groups in total. The van der Waals surface area contributed by atoms with Crippen LogP contribution in [0.4, 0.5) is 8.78 Å². The minimum Gasteiger partial charge on any atom is -0.543 e. The Hall–Kier alpha value is -1.87. The van der Waals surface area contributed by atoms with E-state index in [9.17, 15) is 27.1 Å². The molecule has 0 rings (SSSR count). The van der Waals surface area contributed by atoms with Crippen LogP contribution in [0.25, 0.3) is 9.69 Å². The van der Waals surface area contributed by atoms with Gasteiger partial charge in [-0.1, -0.05) is 0 Å². The van der Waals surface area contributed by atoms with E-state index in [-0.39, 0.29) is 0 Å². The number of alkyl halides is 2. The molecule has 0 saturated heterocycles. The zero-order chi connectivity index (χ0) is 11.6. The van der Waals surface area contributed by atoms with Gasteiger partial charge in [-0.15, -0.1) is 0 Å². The van der Waals surface area contributed by atoms with Crippen molar-refractivity contribution >= 4 is 15.8 Å². The van der Waals surface area contributed by atoms with Crippen LogP contribution in [-0.2, 0) is 14.6 Å². The lowest BCUT2D eigenvalue weighted by atomic mass is 10.7. The Kier molecular flexibility index (Phi) is 3.01. The van der Waals surface area contributed by atoms with Crippen molar-refractivity contribution in [1.82, 2.24) is 0 Å². The van der Waals surface area contributed by atoms with Crippen molar-refractivity contribution in [3.8, 4) is 0 Å². The fourth-order valence-electron chi connectivity index (χ4n) is 0.370. The number of rotatable bonds is 3. The van der Waals surface area contributed by atoms with Gasteiger partial charge in [0.05, 0.1) is 0 Å². The van der Waals surface area contributed by atoms with E-state index in [0.29, 0.717) is 0 Å². The molecular weight excluding hydrogens is 222 g/mol. The lowest BCUT2D eigenvalue weighted by Gasteiger charge is -2.18. The third-order valence-corrected chi connectivity index (χ3v) is 2.51. The third-order valence-electron chi connectivity index (χ3n) is 1.01. The molecule has 6 nitrogen and oxygen atoms in total. The van der Waals surface area contributed by atoms with Crippen LogP contribution in [0, 0.1) is 18.6 Å². The van der Waals surface area contributed by atoms with E-state index < -0.39 is 26.6 Å². The zero-order valence-electron chi connectivity index (χ0n) is 6.19. The van der Waals surface area contributed by atoms with Crippen molar-refractivity contribution < 1.29 is 27.1 Å². The lowest BCUT2D eigenvalue weighted by molar-refractivity contribution is -0.321. The van der Waals surface area contributed by atoms with Crippen molar-refractivity contribution in [2.24, 2.45) is 0 Å². The molecule has 0 aromatic heterocycles. The van der Waals surface area contributed by atoms with Gasteiger partial charge < -0.3 is 19.6 Å². The molecule has 76 valence electrons. The zero-order valence-corrected chi connectivity index (χ0v) is 7.01. The van der Waals surface area contributed by atoms with Gasteiger partial charge in [0.25, 0.3) is 9.84 Å². The summed E-state index contributed by atoms with van der Waals surface area (Å²) in [6, 6.07) is 0. The molecule has 0 unspecified atom stereocenters. The van der Waals surface area contributed by atoms with Gasteiger partial charge in [-0.05, 0) is 0 Å². The SMILES string of the molecule is [C-]#[N+][C-]([N+]#[C-])S(=O)(=O)C(F)(F)C(=O)[O-]. The number of halogens is 2. The molecule has 0 heterocycles. The summed E-state index contributed by atoms with van der Waals surface area (Å²) in [7, 11) is -5.79. The van der Waals surface area contributed by atoms with Crippen LogP contribution in [0.3, 0.4) is 0 Å². The predicted molar refractivity (Wildman–Crippen MR) is 35.3 cm³/mol. The van der Waals surface area contributed by atoms with Gasteiger partial charge in [0.2, 0.25) is 0 Å². The highest BCUT2D eigenvalue weighted by atomic mass is 32.2. The summed E-state index contributed by atoms with van der Waals surface area (Å²) in [5.74, 6) is -3.18. The average Bonchev–Trinajstić information content (AvgIpc) is 2.05. The average molecular weight is 222 g/mol. The number of carbonyl (C=O) groups excluding carboxylic acids is 1. The molecular formula is C5F2N2O4S-2. The molecule has 0 aliphatic heterocycles. The molecule has 0 amide bonds. The van der Waals surface area contributed by atoms with E-state index in [1.54, 1.807) is 0 Å². The smallest absolute Gasteiger partial charge is 0.431 e. The first-order chi connectivity index (χ1) is 6.21. The highest BCUT2D eigenvalue weighted by molar-refractivity contribution is 7.96. The molecule has 0 radical (unpaired) electrons. The second-order valence-electron chi connectivity index (χ2n) is 1.81. The maximum absolute atomic E-state index is 12.4. The van der Waals surface area contributed by atoms with Gasteiger partial charge in [-0.3, -0.25) is 13.1 Å². The van der Waals surface area contributed by atoms with Gasteiger partial charge in [-0.2, -0.15) is 8.78 Å². The van der Waals surface area contributed by atoms with E-state index in [4.69, 9.17) is 13.1 Å². The molecule has 0 saturated carbocycles. The minimum absolute atomic E-state index is 1.91. The maximum Gasteiger partial charge on any atom is 0.431 e. The fourth-order valence-corrected chi connectivity index (χ4v) is 1.06. The summed E-state index contributed by atoms with van der Waals surface area (Å²) >= 11 is 0. The van der Waals surface area contributed by atoms with Gasteiger partial charge >= 0.3 is 10.8 Å². The van der Waals surface area contributed by atoms with Crippen LogP contribution in [0.2, 0.25) is 0 Å². The Morgan fingerprint density at radius 2 is 1.71 bits per heavy atom. The van der Waals surface area contributed by atoms with Gasteiger partial charge in [0.1, 0.15) is 5.97 Å². The summed E-state index contributed by atoms with van der Waals surface area (Å²) in [5, 5.41) is 4.48. The molecule has 0 aromatic rings. The molecule has 9 heteroatoms. The van der Waals surface area contributed by atoms with Gasteiger partial charge in [0, 0.05) is 0 Å². The summed E-state index contributed by atoms with van der Waals surface area (Å²) in [6.45, 7) is 12.2. The first-order valence-corrected chi connectivity index (χ1v) is 4.16. The molecule has 0 aromatic carbocycles. The summed E-state index contributed by atoms with van der Waals surface area (Å²) in [5.41, 5.74) is -1.91. The number of carboxylic acid groups (broad SMARTS) is 1. The molecule has 0 aliphatic rings. The summed E-state index contributed by atoms with van der Waals surface area (Å²) in [4.78, 5) is 13.7. The van der Waals surface area contributed by atoms with E-state index >= 15 is 0 Å². The topological polar surface area (TPSA) is 83.0 Å². The number of aliphatic carboxylic acids is 1. The van der Waals surface area contributed by atoms with Crippen molar-refractivity contribution in [3.05, 3.63) is 28.3 Å². The fraction of sp³-hybridized carbons (Fsp3) is 0.200. The largest absolute Gasteiger partial charge is 0.543 e. The predicted octanol–water partition coefficient (Wildman–Crippen LogP) is -0.971. The molecule has 0 bridgehead atoms. The van der Waals surface area contributed by atoms with Crippen molar-refractivity contribution in [2.45, 2.75) is 5.25 Å². The second kappa shape index (κ2) is 3.47. The third kappa shape index (κ3) is 1.58. The Morgan fingerprint density at radius 1 is 1.36 bits per heavy atom. The first-order valence-electron chi connectivity index (χ1n) is 2.67. The molecule has 0 aliphatic carbocycles. The van der Waals surface area contributed by atoms with Crippen LogP contribution >= 0.6 is 0 Å². The number of hydrogen-bond donors (Lipinski definition) is 0. The Balaban J connectivity index is 5.54. The Labute approximate surface area is 77.3 Å². The van der Waals surface area contributed by atoms with Gasteiger partial charge in [0.15, 0.2) is 0 Å². The summed E-state index contributed by atoms with van der Waals surface area (Å²) in [6.07, 6.45) is 0. The highest BCUT2D eigenvalue weighted by Gasteiger charge is 2.52. The molecule has 14 heavy (non-hydrogen) atoms. The van der Waals surface area contributed by atoms with Crippen LogP contribution in [0.15, 0.2) is 0 Å². The van der Waals surface area contributed by atoms with Crippen molar-refractivity contribution in [2.75, 3.05) is 0 Å². The van der Waals surface area contributed by atoms with Crippen molar-refractivity contribution in [3.63, 3.8) is 0 Å². The van der Waals surface area contributed by atoms with Crippen LogP contribution < -0.4 is 5.11 Å². The molecule has 0 fully saturated rings. The molecule has 0 atom stereocenters. The standard InChI is InChI=1S/C5HF2N2O4S/c1-8-4(9-2)14(12,13)5(6,7)3(10)11/h(H,10,11)/q-1/p-1. The van der Waals surface area contributed by atoms with Crippen molar-refractivity contribution in [1.29, 1.82) is 0 Å². The quantitative estimate of drug-likeness (QED) is 0.575. The summed E-state index contributed by atoms with van der Waals surface area (Å²) < 4.78 is 46.0. The number of carbonyl (C=O) groups is 1. The number of nitrogens with zero attached hydrogens (tertiary/aromatic N) is 2. The van der Waals surface area contributed by atoms with E-state index in [2.05, 4.69) is 0 Å². The van der Waals surface area contributed by atoms with E-state index in [1.807, 2.05) is 9.69 Å². The number of hydrogen-bond acceptors (Lipinski definition) is 4. The monoisotopic (exact) mass is 222 g/mol.